The summed E-state index contributed by atoms with van der Waals surface area (Å²) in [4.78, 5) is 29.0. The molecule has 1 unspecified atom stereocenters. The highest BCUT2D eigenvalue weighted by Gasteiger charge is 2.35. The fourth-order valence-electron chi connectivity index (χ4n) is 4.59. The molecule has 1 atom stereocenters. The van der Waals surface area contributed by atoms with Crippen molar-refractivity contribution in [3.8, 4) is 0 Å². The van der Waals surface area contributed by atoms with Gasteiger partial charge in [0.25, 0.3) is 10.0 Å². The number of benzene rings is 4. The van der Waals surface area contributed by atoms with Crippen molar-refractivity contribution >= 4 is 27.5 Å². The normalized spacial score (nSPS) is 11.9. The second kappa shape index (κ2) is 14.6. The number of halogens is 2. The van der Waals surface area contributed by atoms with E-state index in [0.29, 0.717) is 18.5 Å². The molecule has 0 heterocycles. The zero-order valence-electron chi connectivity index (χ0n) is 23.7. The molecule has 0 bridgehead atoms. The second-order valence-electron chi connectivity index (χ2n) is 9.92. The molecule has 0 saturated carbocycles. The van der Waals surface area contributed by atoms with E-state index in [9.17, 15) is 22.4 Å². The number of hydrogen-bond acceptors (Lipinski definition) is 4. The first kappa shape index (κ1) is 31.4. The number of carbonyl (C=O) groups excluding carboxylic acids is 2. The van der Waals surface area contributed by atoms with E-state index in [1.54, 1.807) is 6.07 Å². The van der Waals surface area contributed by atoms with Crippen molar-refractivity contribution in [2.24, 2.45) is 0 Å². The van der Waals surface area contributed by atoms with Gasteiger partial charge in [-0.3, -0.25) is 13.9 Å². The van der Waals surface area contributed by atoms with Gasteiger partial charge in [0.1, 0.15) is 24.2 Å². The van der Waals surface area contributed by atoms with Gasteiger partial charge in [-0.2, -0.15) is 0 Å². The standard InChI is InChI=1S/C33H33F2N3O4S/c1-2-21-36-33(40)31(22-25-11-5-3-6-12-25)37(23-26-17-19-27(34)20-18-26)32(39)24-38(30-16-10-9-15-29(30)35)43(41,42)28-13-7-4-8-14-28/h3-20,31H,2,21-24H2,1H3,(H,36,40). The van der Waals surface area contributed by atoms with Gasteiger partial charge in [-0.1, -0.05) is 79.7 Å². The largest absolute Gasteiger partial charge is 0.354 e. The van der Waals surface area contributed by atoms with Crippen molar-refractivity contribution in [2.75, 3.05) is 17.4 Å². The Labute approximate surface area is 250 Å². The van der Waals surface area contributed by atoms with Crippen molar-refractivity contribution < 1.29 is 26.8 Å². The molecule has 7 nitrogen and oxygen atoms in total. The number of para-hydroxylation sites is 1. The van der Waals surface area contributed by atoms with E-state index in [0.717, 1.165) is 15.9 Å². The number of anilines is 1. The zero-order chi connectivity index (χ0) is 30.8. The first-order valence-corrected chi connectivity index (χ1v) is 15.3. The fraction of sp³-hybridized carbons (Fsp3) is 0.212. The molecule has 0 aromatic heterocycles. The Morgan fingerprint density at radius 1 is 0.791 bits per heavy atom. The highest BCUT2D eigenvalue weighted by Crippen LogP contribution is 2.27. The molecule has 10 heteroatoms. The summed E-state index contributed by atoms with van der Waals surface area (Å²) in [5.41, 5.74) is 0.995. The van der Waals surface area contributed by atoms with Gasteiger partial charge in [0.05, 0.1) is 10.6 Å². The van der Waals surface area contributed by atoms with E-state index in [-0.39, 0.29) is 23.5 Å². The number of nitrogens with zero attached hydrogens (tertiary/aromatic N) is 2. The summed E-state index contributed by atoms with van der Waals surface area (Å²) in [6.07, 6.45) is 0.792. The summed E-state index contributed by atoms with van der Waals surface area (Å²) in [6.45, 7) is 1.36. The lowest BCUT2D eigenvalue weighted by atomic mass is 10.0. The summed E-state index contributed by atoms with van der Waals surface area (Å²) in [6, 6.07) is 26.3. The van der Waals surface area contributed by atoms with E-state index in [1.165, 1.54) is 71.6 Å². The third-order valence-corrected chi connectivity index (χ3v) is 8.59. The highest BCUT2D eigenvalue weighted by atomic mass is 32.2. The molecule has 4 aromatic carbocycles. The number of nitrogens with one attached hydrogen (secondary N) is 1. The maximum absolute atomic E-state index is 15.1. The predicted molar refractivity (Wildman–Crippen MR) is 162 cm³/mol. The van der Waals surface area contributed by atoms with E-state index < -0.39 is 46.1 Å². The van der Waals surface area contributed by atoms with Gasteiger partial charge in [-0.15, -0.1) is 0 Å². The minimum Gasteiger partial charge on any atom is -0.354 e. The van der Waals surface area contributed by atoms with Crippen LogP contribution in [0.25, 0.3) is 0 Å². The smallest absolute Gasteiger partial charge is 0.264 e. The average Bonchev–Trinajstić information content (AvgIpc) is 3.02. The van der Waals surface area contributed by atoms with Crippen LogP contribution in [-0.4, -0.2) is 44.3 Å². The molecule has 0 aliphatic rings. The summed E-state index contributed by atoms with van der Waals surface area (Å²) < 4.78 is 57.2. The number of carbonyl (C=O) groups is 2. The molecule has 2 amide bonds. The minimum atomic E-state index is -4.41. The fourth-order valence-corrected chi connectivity index (χ4v) is 6.04. The van der Waals surface area contributed by atoms with Crippen molar-refractivity contribution in [2.45, 2.75) is 37.2 Å². The van der Waals surface area contributed by atoms with Crippen LogP contribution >= 0.6 is 0 Å². The maximum atomic E-state index is 15.1. The van der Waals surface area contributed by atoms with Crippen molar-refractivity contribution in [3.63, 3.8) is 0 Å². The Hall–Kier alpha value is -4.57. The van der Waals surface area contributed by atoms with Crippen LogP contribution in [-0.2, 0) is 32.6 Å². The SMILES string of the molecule is CCCNC(=O)C(Cc1ccccc1)N(Cc1ccc(F)cc1)C(=O)CN(c1ccccc1F)S(=O)(=O)c1ccccc1. The van der Waals surface area contributed by atoms with E-state index in [4.69, 9.17) is 0 Å². The van der Waals surface area contributed by atoms with Gasteiger partial charge in [0, 0.05) is 19.5 Å². The molecular weight excluding hydrogens is 572 g/mol. The van der Waals surface area contributed by atoms with Gasteiger partial charge in [-0.05, 0) is 53.9 Å². The number of rotatable bonds is 13. The van der Waals surface area contributed by atoms with Gasteiger partial charge < -0.3 is 10.2 Å². The van der Waals surface area contributed by atoms with Crippen LogP contribution in [0.4, 0.5) is 14.5 Å². The van der Waals surface area contributed by atoms with E-state index >= 15 is 4.39 Å². The Kier molecular flexibility index (Phi) is 10.6. The van der Waals surface area contributed by atoms with Crippen LogP contribution in [0.5, 0.6) is 0 Å². The van der Waals surface area contributed by atoms with E-state index in [1.807, 2.05) is 37.3 Å². The zero-order valence-corrected chi connectivity index (χ0v) is 24.5. The van der Waals surface area contributed by atoms with Crippen LogP contribution in [0.3, 0.4) is 0 Å². The van der Waals surface area contributed by atoms with Crippen LogP contribution in [0.15, 0.2) is 114 Å². The lowest BCUT2D eigenvalue weighted by Gasteiger charge is -2.34. The monoisotopic (exact) mass is 605 g/mol. The molecule has 0 radical (unpaired) electrons. The Balaban J connectivity index is 1.79. The molecule has 0 spiro atoms. The third-order valence-electron chi connectivity index (χ3n) is 6.82. The molecule has 0 saturated heterocycles. The lowest BCUT2D eigenvalue weighted by molar-refractivity contribution is -0.140. The van der Waals surface area contributed by atoms with Crippen molar-refractivity contribution in [1.29, 1.82) is 0 Å². The van der Waals surface area contributed by atoms with Crippen molar-refractivity contribution in [3.05, 3.63) is 132 Å². The molecule has 1 N–H and O–H groups in total. The quantitative estimate of drug-likeness (QED) is 0.223. The van der Waals surface area contributed by atoms with Crippen LogP contribution in [0.1, 0.15) is 24.5 Å². The predicted octanol–water partition coefficient (Wildman–Crippen LogP) is 5.33. The number of hydrogen-bond donors (Lipinski definition) is 1. The van der Waals surface area contributed by atoms with Gasteiger partial charge in [0.15, 0.2) is 0 Å². The highest BCUT2D eigenvalue weighted by molar-refractivity contribution is 7.92. The van der Waals surface area contributed by atoms with Gasteiger partial charge in [0.2, 0.25) is 11.8 Å². The Morgan fingerprint density at radius 2 is 1.40 bits per heavy atom. The van der Waals surface area contributed by atoms with Crippen LogP contribution in [0.2, 0.25) is 0 Å². The molecule has 43 heavy (non-hydrogen) atoms. The van der Waals surface area contributed by atoms with Crippen LogP contribution in [0, 0.1) is 11.6 Å². The topological polar surface area (TPSA) is 86.8 Å². The summed E-state index contributed by atoms with van der Waals surface area (Å²) in [5, 5.41) is 2.85. The third kappa shape index (κ3) is 8.04. The summed E-state index contributed by atoms with van der Waals surface area (Å²) >= 11 is 0. The maximum Gasteiger partial charge on any atom is 0.264 e. The number of sulfonamides is 1. The minimum absolute atomic E-state index is 0.118. The van der Waals surface area contributed by atoms with Gasteiger partial charge >= 0.3 is 0 Å². The molecule has 0 aliphatic heterocycles. The van der Waals surface area contributed by atoms with Gasteiger partial charge in [-0.25, -0.2) is 17.2 Å². The first-order valence-electron chi connectivity index (χ1n) is 13.9. The first-order chi connectivity index (χ1) is 20.7. The summed E-state index contributed by atoms with van der Waals surface area (Å²) in [7, 11) is -4.41. The Bertz CT molecular complexity index is 1620. The average molecular weight is 606 g/mol. The molecule has 224 valence electrons. The number of amides is 2. The lowest BCUT2D eigenvalue weighted by Crippen LogP contribution is -2.53. The summed E-state index contributed by atoms with van der Waals surface area (Å²) in [5.74, 6) is -2.46. The van der Waals surface area contributed by atoms with E-state index in [2.05, 4.69) is 5.32 Å². The molecule has 4 rings (SSSR count). The molecular formula is C33H33F2N3O4S. The molecule has 0 fully saturated rings. The van der Waals surface area contributed by atoms with Crippen molar-refractivity contribution in [1.82, 2.24) is 10.2 Å². The van der Waals surface area contributed by atoms with Crippen LogP contribution < -0.4 is 9.62 Å². The molecule has 4 aromatic rings. The molecule has 0 aliphatic carbocycles. The second-order valence-corrected chi connectivity index (χ2v) is 11.8. The Morgan fingerprint density at radius 3 is 2.02 bits per heavy atom.